The molecule has 0 aromatic rings. The van der Waals surface area contributed by atoms with Crippen molar-refractivity contribution in [3.63, 3.8) is 0 Å². The Kier molecular flexibility index (Phi) is 4.42. The molecule has 72 valence electrons. The van der Waals surface area contributed by atoms with E-state index in [1.165, 1.54) is 32.1 Å². The lowest BCUT2D eigenvalue weighted by molar-refractivity contribution is 0.252. The first-order chi connectivity index (χ1) is 5.77. The van der Waals surface area contributed by atoms with Gasteiger partial charge in [0.15, 0.2) is 0 Å². The molecule has 0 N–H and O–H groups in total. The minimum Gasteiger partial charge on any atom is -0.123 e. The van der Waals surface area contributed by atoms with Crippen LogP contribution in [0.2, 0.25) is 0 Å². The molecule has 0 nitrogen and oxygen atoms in total. The van der Waals surface area contributed by atoms with Gasteiger partial charge in [-0.15, -0.1) is 11.6 Å². The monoisotopic (exact) mass is 188 g/mol. The fourth-order valence-electron chi connectivity index (χ4n) is 2.37. The molecule has 0 saturated heterocycles. The molecule has 0 amide bonds. The van der Waals surface area contributed by atoms with Gasteiger partial charge in [-0.3, -0.25) is 0 Å². The van der Waals surface area contributed by atoms with Crippen molar-refractivity contribution in [1.29, 1.82) is 0 Å². The number of hydrogen-bond donors (Lipinski definition) is 0. The molecule has 0 radical (unpaired) electrons. The summed E-state index contributed by atoms with van der Waals surface area (Å²) in [5.41, 5.74) is 0. The van der Waals surface area contributed by atoms with Gasteiger partial charge in [-0.1, -0.05) is 33.1 Å². The smallest absolute Gasteiger partial charge is 0.0361 e. The maximum absolute atomic E-state index is 6.27. The summed E-state index contributed by atoms with van der Waals surface area (Å²) in [5.74, 6) is 1.78. The molecule has 0 spiro atoms. The Morgan fingerprint density at radius 3 is 2.67 bits per heavy atom. The van der Waals surface area contributed by atoms with Crippen LogP contribution >= 0.6 is 11.6 Å². The first-order valence-electron chi connectivity index (χ1n) is 5.42. The van der Waals surface area contributed by atoms with Crippen LogP contribution in [0.1, 0.15) is 52.4 Å². The molecule has 0 bridgehead atoms. The second kappa shape index (κ2) is 5.11. The molecule has 3 unspecified atom stereocenters. The average Bonchev–Trinajstić information content (AvgIpc) is 2.17. The molecule has 12 heavy (non-hydrogen) atoms. The molecule has 1 rings (SSSR count). The van der Waals surface area contributed by atoms with Gasteiger partial charge < -0.3 is 0 Å². The van der Waals surface area contributed by atoms with Crippen molar-refractivity contribution in [2.45, 2.75) is 57.7 Å². The van der Waals surface area contributed by atoms with E-state index in [-0.39, 0.29) is 0 Å². The lowest BCUT2D eigenvalue weighted by Crippen LogP contribution is -2.22. The number of alkyl halides is 1. The quantitative estimate of drug-likeness (QED) is 0.582. The highest BCUT2D eigenvalue weighted by atomic mass is 35.5. The number of rotatable bonds is 3. The second-order valence-corrected chi connectivity index (χ2v) is 4.69. The lowest BCUT2D eigenvalue weighted by atomic mass is 9.78. The van der Waals surface area contributed by atoms with Gasteiger partial charge >= 0.3 is 0 Å². The SMILES string of the molecule is CCC1CCCC(C(Cl)CC)C1. The molecular formula is C11H21Cl. The Balaban J connectivity index is 2.34. The van der Waals surface area contributed by atoms with Crippen LogP contribution in [-0.4, -0.2) is 5.38 Å². The normalized spacial score (nSPS) is 33.2. The average molecular weight is 189 g/mol. The first kappa shape index (κ1) is 10.4. The largest absolute Gasteiger partial charge is 0.123 e. The van der Waals surface area contributed by atoms with Crippen molar-refractivity contribution in [2.24, 2.45) is 11.8 Å². The Labute approximate surface area is 81.7 Å². The van der Waals surface area contributed by atoms with Crippen LogP contribution in [0.4, 0.5) is 0 Å². The van der Waals surface area contributed by atoms with E-state index in [2.05, 4.69) is 13.8 Å². The Morgan fingerprint density at radius 2 is 2.08 bits per heavy atom. The van der Waals surface area contributed by atoms with Gasteiger partial charge in [0.1, 0.15) is 0 Å². The van der Waals surface area contributed by atoms with Crippen molar-refractivity contribution >= 4 is 11.6 Å². The minimum absolute atomic E-state index is 0.444. The van der Waals surface area contributed by atoms with Crippen LogP contribution in [0.25, 0.3) is 0 Å². The predicted molar refractivity (Wildman–Crippen MR) is 55.7 cm³/mol. The van der Waals surface area contributed by atoms with E-state index in [0.717, 1.165) is 18.3 Å². The third-order valence-electron chi connectivity index (χ3n) is 3.30. The molecule has 1 heteroatoms. The summed E-state index contributed by atoms with van der Waals surface area (Å²) in [6, 6.07) is 0. The molecule has 1 fully saturated rings. The Hall–Kier alpha value is 0.290. The van der Waals surface area contributed by atoms with Crippen molar-refractivity contribution in [1.82, 2.24) is 0 Å². The predicted octanol–water partition coefficient (Wildman–Crippen LogP) is 4.22. The van der Waals surface area contributed by atoms with Gasteiger partial charge in [0.25, 0.3) is 0 Å². The number of halogens is 1. The van der Waals surface area contributed by atoms with E-state index in [1.807, 2.05) is 0 Å². The topological polar surface area (TPSA) is 0 Å². The second-order valence-electron chi connectivity index (χ2n) is 4.13. The van der Waals surface area contributed by atoms with Crippen LogP contribution in [-0.2, 0) is 0 Å². The fourth-order valence-corrected chi connectivity index (χ4v) is 2.59. The van der Waals surface area contributed by atoms with Crippen molar-refractivity contribution in [3.05, 3.63) is 0 Å². The van der Waals surface area contributed by atoms with Gasteiger partial charge in [0.05, 0.1) is 0 Å². The first-order valence-corrected chi connectivity index (χ1v) is 5.85. The summed E-state index contributed by atoms with van der Waals surface area (Å²) >= 11 is 6.27. The molecule has 1 aliphatic carbocycles. The molecule has 0 aromatic carbocycles. The van der Waals surface area contributed by atoms with Crippen molar-refractivity contribution < 1.29 is 0 Å². The standard InChI is InChI=1S/C11H21Cl/c1-3-9-6-5-7-10(8-9)11(12)4-2/h9-11H,3-8H2,1-2H3. The minimum atomic E-state index is 0.444. The number of hydrogen-bond acceptors (Lipinski definition) is 0. The van der Waals surface area contributed by atoms with E-state index in [1.54, 1.807) is 0 Å². The van der Waals surface area contributed by atoms with Crippen LogP contribution in [0.5, 0.6) is 0 Å². The summed E-state index contributed by atoms with van der Waals surface area (Å²) in [6.45, 7) is 4.51. The molecule has 1 saturated carbocycles. The maximum Gasteiger partial charge on any atom is 0.0361 e. The lowest BCUT2D eigenvalue weighted by Gasteiger charge is -2.31. The van der Waals surface area contributed by atoms with Crippen molar-refractivity contribution in [3.8, 4) is 0 Å². The highest BCUT2D eigenvalue weighted by Crippen LogP contribution is 2.35. The summed E-state index contributed by atoms with van der Waals surface area (Å²) in [6.07, 6.45) is 8.11. The van der Waals surface area contributed by atoms with Crippen molar-refractivity contribution in [2.75, 3.05) is 0 Å². The molecule has 0 aromatic heterocycles. The Bertz CT molecular complexity index is 120. The van der Waals surface area contributed by atoms with Gasteiger partial charge in [0, 0.05) is 5.38 Å². The third kappa shape index (κ3) is 2.65. The van der Waals surface area contributed by atoms with Gasteiger partial charge in [-0.2, -0.15) is 0 Å². The van der Waals surface area contributed by atoms with Gasteiger partial charge in [-0.05, 0) is 31.1 Å². The van der Waals surface area contributed by atoms with E-state index >= 15 is 0 Å². The van der Waals surface area contributed by atoms with Gasteiger partial charge in [-0.25, -0.2) is 0 Å². The van der Waals surface area contributed by atoms with Crippen LogP contribution in [0.15, 0.2) is 0 Å². The Morgan fingerprint density at radius 1 is 1.33 bits per heavy atom. The van der Waals surface area contributed by atoms with E-state index in [0.29, 0.717) is 5.38 Å². The third-order valence-corrected chi connectivity index (χ3v) is 3.97. The van der Waals surface area contributed by atoms with E-state index < -0.39 is 0 Å². The highest BCUT2D eigenvalue weighted by Gasteiger charge is 2.25. The molecule has 1 aliphatic rings. The zero-order valence-corrected chi connectivity index (χ0v) is 9.11. The van der Waals surface area contributed by atoms with Crippen LogP contribution in [0.3, 0.4) is 0 Å². The highest BCUT2D eigenvalue weighted by molar-refractivity contribution is 6.20. The zero-order chi connectivity index (χ0) is 8.97. The molecular weight excluding hydrogens is 168 g/mol. The molecule has 3 atom stereocenters. The summed E-state index contributed by atoms with van der Waals surface area (Å²) in [7, 11) is 0. The van der Waals surface area contributed by atoms with E-state index in [4.69, 9.17) is 11.6 Å². The van der Waals surface area contributed by atoms with Gasteiger partial charge in [0.2, 0.25) is 0 Å². The summed E-state index contributed by atoms with van der Waals surface area (Å²) < 4.78 is 0. The van der Waals surface area contributed by atoms with E-state index in [9.17, 15) is 0 Å². The fraction of sp³-hybridized carbons (Fsp3) is 1.00. The summed E-state index contributed by atoms with van der Waals surface area (Å²) in [4.78, 5) is 0. The maximum atomic E-state index is 6.27. The molecule has 0 aliphatic heterocycles. The zero-order valence-electron chi connectivity index (χ0n) is 8.35. The summed E-state index contributed by atoms with van der Waals surface area (Å²) in [5, 5.41) is 0.444. The van der Waals surface area contributed by atoms with Crippen LogP contribution in [0, 0.1) is 11.8 Å². The molecule has 0 heterocycles. The van der Waals surface area contributed by atoms with Crippen LogP contribution < -0.4 is 0 Å².